The maximum Gasteiger partial charge on any atom is 0.119 e. The molecule has 0 spiro atoms. The monoisotopic (exact) mass is 248 g/mol. The van der Waals surface area contributed by atoms with Crippen molar-refractivity contribution in [2.45, 2.75) is 44.7 Å². The van der Waals surface area contributed by atoms with E-state index in [0.717, 1.165) is 12.3 Å². The fourth-order valence-electron chi connectivity index (χ4n) is 2.65. The second-order valence-corrected chi connectivity index (χ2v) is 4.99. The predicted molar refractivity (Wildman–Crippen MR) is 76.3 cm³/mol. The average molecular weight is 248 g/mol. The zero-order chi connectivity index (χ0) is 12.8. The zero-order valence-electron chi connectivity index (χ0n) is 11.5. The predicted octanol–water partition coefficient (Wildman–Crippen LogP) is 3.16. The van der Waals surface area contributed by atoms with Gasteiger partial charge in [-0.2, -0.15) is 0 Å². The Kier molecular flexibility index (Phi) is 4.88. The van der Waals surface area contributed by atoms with Gasteiger partial charge in [0.15, 0.2) is 0 Å². The lowest BCUT2D eigenvalue weighted by Gasteiger charge is -2.23. The minimum atomic E-state index is 0.689. The van der Waals surface area contributed by atoms with Gasteiger partial charge in [0.05, 0.1) is 7.11 Å². The number of rotatable bonds is 5. The minimum Gasteiger partial charge on any atom is -0.497 e. The van der Waals surface area contributed by atoms with Crippen LogP contribution >= 0.6 is 0 Å². The molecule has 1 aromatic rings. The number of benzene rings is 1. The molecule has 0 bridgehead atoms. The van der Waals surface area contributed by atoms with Gasteiger partial charge in [0.2, 0.25) is 0 Å². The van der Waals surface area contributed by atoms with Crippen molar-refractivity contribution in [2.75, 3.05) is 19.5 Å². The summed E-state index contributed by atoms with van der Waals surface area (Å²) in [6.07, 6.45) is 6.78. The highest BCUT2D eigenvalue weighted by Gasteiger charge is 2.13. The zero-order valence-corrected chi connectivity index (χ0v) is 11.5. The third-order valence-electron chi connectivity index (χ3n) is 3.77. The van der Waals surface area contributed by atoms with E-state index in [-0.39, 0.29) is 0 Å². The van der Waals surface area contributed by atoms with E-state index in [4.69, 9.17) is 4.74 Å². The third kappa shape index (κ3) is 3.39. The molecule has 0 amide bonds. The Morgan fingerprint density at radius 3 is 2.67 bits per heavy atom. The molecule has 18 heavy (non-hydrogen) atoms. The van der Waals surface area contributed by atoms with E-state index in [1.54, 1.807) is 7.11 Å². The Bertz CT molecular complexity index is 373. The number of methoxy groups -OCH3 is 1. The Morgan fingerprint density at radius 1 is 1.22 bits per heavy atom. The highest BCUT2D eigenvalue weighted by atomic mass is 16.5. The lowest BCUT2D eigenvalue weighted by atomic mass is 9.95. The van der Waals surface area contributed by atoms with E-state index in [1.165, 1.54) is 43.4 Å². The van der Waals surface area contributed by atoms with Crippen LogP contribution in [0.15, 0.2) is 18.2 Å². The fourth-order valence-corrected chi connectivity index (χ4v) is 2.65. The molecule has 3 nitrogen and oxygen atoms in total. The van der Waals surface area contributed by atoms with Crippen molar-refractivity contribution in [1.29, 1.82) is 0 Å². The number of nitrogens with one attached hydrogen (secondary N) is 2. The van der Waals surface area contributed by atoms with Gasteiger partial charge in [-0.15, -0.1) is 0 Å². The van der Waals surface area contributed by atoms with Crippen LogP contribution in [0.4, 0.5) is 5.69 Å². The Labute approximate surface area is 110 Å². The Hall–Kier alpha value is -1.22. The largest absolute Gasteiger partial charge is 0.497 e. The lowest BCUT2D eigenvalue weighted by molar-refractivity contribution is 0.372. The van der Waals surface area contributed by atoms with E-state index < -0.39 is 0 Å². The molecular formula is C15H24N2O. The maximum atomic E-state index is 5.29. The molecule has 0 saturated heterocycles. The van der Waals surface area contributed by atoms with Crippen molar-refractivity contribution in [1.82, 2.24) is 5.32 Å². The number of anilines is 1. The van der Waals surface area contributed by atoms with Gasteiger partial charge >= 0.3 is 0 Å². The molecule has 1 fully saturated rings. The summed E-state index contributed by atoms with van der Waals surface area (Å²) in [5.41, 5.74) is 2.46. The van der Waals surface area contributed by atoms with Crippen LogP contribution in [-0.2, 0) is 6.54 Å². The molecule has 1 aromatic carbocycles. The van der Waals surface area contributed by atoms with Gasteiger partial charge in [-0.05, 0) is 36.6 Å². The lowest BCUT2D eigenvalue weighted by Crippen LogP contribution is -2.30. The summed E-state index contributed by atoms with van der Waals surface area (Å²) in [5.74, 6) is 0.925. The first kappa shape index (κ1) is 13.2. The SMILES string of the molecule is CNc1ccc(OC)cc1CNC1CCCCC1. The summed E-state index contributed by atoms with van der Waals surface area (Å²) in [6, 6.07) is 6.88. The quantitative estimate of drug-likeness (QED) is 0.839. The number of ether oxygens (including phenoxy) is 1. The van der Waals surface area contributed by atoms with Crippen molar-refractivity contribution < 1.29 is 4.74 Å². The van der Waals surface area contributed by atoms with Crippen LogP contribution in [0.2, 0.25) is 0 Å². The summed E-state index contributed by atoms with van der Waals surface area (Å²) in [4.78, 5) is 0. The van der Waals surface area contributed by atoms with Gasteiger partial charge in [0.1, 0.15) is 5.75 Å². The second kappa shape index (κ2) is 6.64. The molecule has 1 saturated carbocycles. The van der Waals surface area contributed by atoms with Gasteiger partial charge in [0.25, 0.3) is 0 Å². The summed E-state index contributed by atoms with van der Waals surface area (Å²) in [7, 11) is 3.68. The second-order valence-electron chi connectivity index (χ2n) is 4.99. The maximum absolute atomic E-state index is 5.29. The molecule has 2 N–H and O–H groups in total. The van der Waals surface area contributed by atoms with Crippen molar-refractivity contribution in [3.8, 4) is 5.75 Å². The topological polar surface area (TPSA) is 33.3 Å². The number of hydrogen-bond donors (Lipinski definition) is 2. The van der Waals surface area contributed by atoms with Crippen molar-refractivity contribution in [3.05, 3.63) is 23.8 Å². The highest BCUT2D eigenvalue weighted by molar-refractivity contribution is 5.53. The fraction of sp³-hybridized carbons (Fsp3) is 0.600. The molecule has 100 valence electrons. The van der Waals surface area contributed by atoms with Gasteiger partial charge in [-0.3, -0.25) is 0 Å². The molecule has 0 aliphatic heterocycles. The van der Waals surface area contributed by atoms with Crippen LogP contribution < -0.4 is 15.4 Å². The van der Waals surface area contributed by atoms with E-state index in [1.807, 2.05) is 13.1 Å². The average Bonchev–Trinajstić information content (AvgIpc) is 2.45. The first-order valence-corrected chi connectivity index (χ1v) is 6.91. The van der Waals surface area contributed by atoms with Gasteiger partial charge < -0.3 is 15.4 Å². The summed E-state index contributed by atoms with van der Waals surface area (Å²) >= 11 is 0. The Balaban J connectivity index is 1.97. The van der Waals surface area contributed by atoms with Crippen molar-refractivity contribution in [3.63, 3.8) is 0 Å². The molecule has 3 heteroatoms. The Morgan fingerprint density at radius 2 is 2.00 bits per heavy atom. The molecule has 0 heterocycles. The first-order chi connectivity index (χ1) is 8.83. The third-order valence-corrected chi connectivity index (χ3v) is 3.77. The van der Waals surface area contributed by atoms with Gasteiger partial charge in [-0.25, -0.2) is 0 Å². The van der Waals surface area contributed by atoms with E-state index in [0.29, 0.717) is 6.04 Å². The summed E-state index contributed by atoms with van der Waals surface area (Å²) < 4.78 is 5.29. The summed E-state index contributed by atoms with van der Waals surface area (Å²) in [6.45, 7) is 0.915. The highest BCUT2D eigenvalue weighted by Crippen LogP contribution is 2.23. The van der Waals surface area contributed by atoms with E-state index in [2.05, 4.69) is 22.8 Å². The van der Waals surface area contributed by atoms with Crippen LogP contribution in [0.3, 0.4) is 0 Å². The molecular weight excluding hydrogens is 224 g/mol. The smallest absolute Gasteiger partial charge is 0.119 e. The molecule has 0 radical (unpaired) electrons. The van der Waals surface area contributed by atoms with Crippen LogP contribution in [0.5, 0.6) is 5.75 Å². The minimum absolute atomic E-state index is 0.689. The molecule has 0 unspecified atom stereocenters. The normalized spacial score (nSPS) is 16.6. The summed E-state index contributed by atoms with van der Waals surface area (Å²) in [5, 5.41) is 6.91. The van der Waals surface area contributed by atoms with E-state index >= 15 is 0 Å². The molecule has 1 aliphatic carbocycles. The molecule has 0 aromatic heterocycles. The van der Waals surface area contributed by atoms with Crippen LogP contribution in [-0.4, -0.2) is 20.2 Å². The van der Waals surface area contributed by atoms with Crippen LogP contribution in [0.25, 0.3) is 0 Å². The molecule has 0 atom stereocenters. The number of hydrogen-bond acceptors (Lipinski definition) is 3. The standard InChI is InChI=1S/C15H24N2O/c1-16-15-9-8-14(18-2)10-12(15)11-17-13-6-4-3-5-7-13/h8-10,13,16-17H,3-7,11H2,1-2H3. The van der Waals surface area contributed by atoms with Gasteiger partial charge in [-0.1, -0.05) is 19.3 Å². The van der Waals surface area contributed by atoms with Crippen molar-refractivity contribution in [2.24, 2.45) is 0 Å². The van der Waals surface area contributed by atoms with Gasteiger partial charge in [0, 0.05) is 25.3 Å². The van der Waals surface area contributed by atoms with E-state index in [9.17, 15) is 0 Å². The first-order valence-electron chi connectivity index (χ1n) is 6.91. The molecule has 1 aliphatic rings. The van der Waals surface area contributed by atoms with Crippen molar-refractivity contribution >= 4 is 5.69 Å². The van der Waals surface area contributed by atoms with Crippen LogP contribution in [0, 0.1) is 0 Å². The van der Waals surface area contributed by atoms with Crippen LogP contribution in [0.1, 0.15) is 37.7 Å². The molecule has 2 rings (SSSR count).